The van der Waals surface area contributed by atoms with Crippen LogP contribution >= 0.6 is 0 Å². The van der Waals surface area contributed by atoms with Gasteiger partial charge in [-0.3, -0.25) is 9.69 Å². The number of aryl methyl sites for hydroxylation is 1. The van der Waals surface area contributed by atoms with Crippen LogP contribution in [0, 0.1) is 6.92 Å². The summed E-state index contributed by atoms with van der Waals surface area (Å²) < 4.78 is 1.90. The highest BCUT2D eigenvalue weighted by Crippen LogP contribution is 2.27. The number of aromatic nitrogens is 3. The average Bonchev–Trinajstić information content (AvgIpc) is 3.00. The summed E-state index contributed by atoms with van der Waals surface area (Å²) in [6.07, 6.45) is 2.17. The molecule has 6 nitrogen and oxygen atoms in total. The zero-order chi connectivity index (χ0) is 11.7. The molecule has 1 heterocycles. The molecule has 0 unspecified atom stereocenters. The van der Waals surface area contributed by atoms with Gasteiger partial charge >= 0.3 is 5.97 Å². The molecule has 1 aliphatic rings. The SMILES string of the molecule is Cc1nnc(CN(CC(=O)O)C2CC2)n1C. The molecular weight excluding hydrogens is 208 g/mol. The van der Waals surface area contributed by atoms with E-state index in [1.165, 1.54) is 0 Å². The highest BCUT2D eigenvalue weighted by atomic mass is 16.4. The van der Waals surface area contributed by atoms with Crippen LogP contribution in [0.2, 0.25) is 0 Å². The van der Waals surface area contributed by atoms with Crippen LogP contribution in [0.5, 0.6) is 0 Å². The largest absolute Gasteiger partial charge is 0.480 e. The predicted octanol–water partition coefficient (Wildman–Crippen LogP) is 0.173. The lowest BCUT2D eigenvalue weighted by atomic mass is 10.4. The summed E-state index contributed by atoms with van der Waals surface area (Å²) in [5.74, 6) is 0.887. The zero-order valence-electron chi connectivity index (χ0n) is 9.55. The lowest BCUT2D eigenvalue weighted by Gasteiger charge is -2.18. The number of hydrogen-bond acceptors (Lipinski definition) is 4. The quantitative estimate of drug-likeness (QED) is 0.772. The lowest BCUT2D eigenvalue weighted by molar-refractivity contribution is -0.138. The summed E-state index contributed by atoms with van der Waals surface area (Å²) in [6.45, 7) is 2.53. The Labute approximate surface area is 93.9 Å². The Morgan fingerprint density at radius 1 is 1.56 bits per heavy atom. The van der Waals surface area contributed by atoms with Crippen molar-refractivity contribution in [3.8, 4) is 0 Å². The van der Waals surface area contributed by atoms with Gasteiger partial charge in [0.2, 0.25) is 0 Å². The van der Waals surface area contributed by atoms with Gasteiger partial charge in [-0.05, 0) is 19.8 Å². The molecule has 0 aromatic carbocycles. The van der Waals surface area contributed by atoms with Crippen LogP contribution in [0.4, 0.5) is 0 Å². The van der Waals surface area contributed by atoms with Crippen LogP contribution in [-0.4, -0.2) is 43.3 Å². The van der Waals surface area contributed by atoms with Gasteiger partial charge in [-0.1, -0.05) is 0 Å². The topological polar surface area (TPSA) is 71.2 Å². The van der Waals surface area contributed by atoms with Crippen molar-refractivity contribution in [1.82, 2.24) is 19.7 Å². The normalized spacial score (nSPS) is 15.7. The Balaban J connectivity index is 2.05. The molecule has 16 heavy (non-hydrogen) atoms. The van der Waals surface area contributed by atoms with Crippen molar-refractivity contribution in [2.75, 3.05) is 6.54 Å². The highest BCUT2D eigenvalue weighted by molar-refractivity contribution is 5.69. The van der Waals surface area contributed by atoms with Gasteiger partial charge in [0.1, 0.15) is 11.6 Å². The Kier molecular flexibility index (Phi) is 2.91. The molecule has 1 aromatic heterocycles. The van der Waals surface area contributed by atoms with Crippen molar-refractivity contribution in [3.05, 3.63) is 11.6 Å². The van der Waals surface area contributed by atoms with Crippen LogP contribution in [0.15, 0.2) is 0 Å². The van der Waals surface area contributed by atoms with Crippen molar-refractivity contribution in [2.45, 2.75) is 32.4 Å². The molecule has 1 N–H and O–H groups in total. The number of carboxylic acids is 1. The van der Waals surface area contributed by atoms with E-state index in [0.29, 0.717) is 12.6 Å². The van der Waals surface area contributed by atoms with Crippen LogP contribution < -0.4 is 0 Å². The molecule has 2 rings (SSSR count). The van der Waals surface area contributed by atoms with Gasteiger partial charge in [0.15, 0.2) is 0 Å². The van der Waals surface area contributed by atoms with Crippen LogP contribution in [0.25, 0.3) is 0 Å². The maximum Gasteiger partial charge on any atom is 0.317 e. The first-order valence-electron chi connectivity index (χ1n) is 5.38. The van der Waals surface area contributed by atoms with Gasteiger partial charge in [0.25, 0.3) is 0 Å². The number of aliphatic carboxylic acids is 1. The first-order valence-corrected chi connectivity index (χ1v) is 5.38. The molecular formula is C10H16N4O2. The van der Waals surface area contributed by atoms with Crippen LogP contribution in [0.3, 0.4) is 0 Å². The predicted molar refractivity (Wildman–Crippen MR) is 56.8 cm³/mol. The summed E-state index contributed by atoms with van der Waals surface area (Å²) in [5, 5.41) is 16.8. The minimum atomic E-state index is -0.786. The van der Waals surface area contributed by atoms with E-state index >= 15 is 0 Å². The van der Waals surface area contributed by atoms with Crippen LogP contribution in [0.1, 0.15) is 24.5 Å². The molecule has 0 spiro atoms. The van der Waals surface area contributed by atoms with Gasteiger partial charge in [0.05, 0.1) is 13.1 Å². The number of carbonyl (C=O) groups is 1. The molecule has 1 fully saturated rings. The van der Waals surface area contributed by atoms with E-state index in [2.05, 4.69) is 10.2 Å². The van der Waals surface area contributed by atoms with E-state index in [0.717, 1.165) is 24.5 Å². The number of nitrogens with zero attached hydrogens (tertiary/aromatic N) is 4. The third kappa shape index (κ3) is 2.38. The second kappa shape index (κ2) is 4.21. The van der Waals surface area contributed by atoms with Crippen molar-refractivity contribution >= 4 is 5.97 Å². The zero-order valence-corrected chi connectivity index (χ0v) is 9.55. The van der Waals surface area contributed by atoms with Crippen molar-refractivity contribution in [3.63, 3.8) is 0 Å². The molecule has 0 saturated heterocycles. The summed E-state index contributed by atoms with van der Waals surface area (Å²) >= 11 is 0. The fourth-order valence-corrected chi connectivity index (χ4v) is 1.70. The number of carboxylic acid groups (broad SMARTS) is 1. The minimum absolute atomic E-state index is 0.0799. The van der Waals surface area contributed by atoms with Crippen molar-refractivity contribution in [1.29, 1.82) is 0 Å². The molecule has 1 aliphatic carbocycles. The molecule has 0 bridgehead atoms. The maximum atomic E-state index is 10.7. The van der Waals surface area contributed by atoms with Crippen molar-refractivity contribution in [2.24, 2.45) is 7.05 Å². The Hall–Kier alpha value is -1.43. The molecule has 0 radical (unpaired) electrons. The molecule has 1 saturated carbocycles. The van der Waals surface area contributed by atoms with E-state index in [9.17, 15) is 4.79 Å². The Morgan fingerprint density at radius 2 is 2.25 bits per heavy atom. The van der Waals surface area contributed by atoms with Gasteiger partial charge in [-0.15, -0.1) is 10.2 Å². The lowest BCUT2D eigenvalue weighted by Crippen LogP contribution is -2.32. The molecule has 88 valence electrons. The Morgan fingerprint density at radius 3 is 2.69 bits per heavy atom. The molecule has 0 atom stereocenters. The molecule has 1 aromatic rings. The van der Waals surface area contributed by atoms with E-state index < -0.39 is 5.97 Å². The monoisotopic (exact) mass is 224 g/mol. The standard InChI is InChI=1S/C10H16N4O2/c1-7-11-12-9(13(7)2)5-14(6-10(15)16)8-3-4-8/h8H,3-6H2,1-2H3,(H,15,16). The molecule has 0 amide bonds. The van der Waals surface area contributed by atoms with Gasteiger partial charge in [-0.2, -0.15) is 0 Å². The number of rotatable bonds is 5. The average molecular weight is 224 g/mol. The highest BCUT2D eigenvalue weighted by Gasteiger charge is 2.31. The number of hydrogen-bond donors (Lipinski definition) is 1. The fraction of sp³-hybridized carbons (Fsp3) is 0.700. The van der Waals surface area contributed by atoms with Gasteiger partial charge in [-0.25, -0.2) is 0 Å². The van der Waals surface area contributed by atoms with Gasteiger partial charge in [0, 0.05) is 13.1 Å². The third-order valence-electron chi connectivity index (χ3n) is 2.93. The molecule has 6 heteroatoms. The molecule has 0 aliphatic heterocycles. The summed E-state index contributed by atoms with van der Waals surface area (Å²) in [6, 6.07) is 0.410. The fourth-order valence-electron chi connectivity index (χ4n) is 1.70. The van der Waals surface area contributed by atoms with Gasteiger partial charge < -0.3 is 9.67 Å². The smallest absolute Gasteiger partial charge is 0.317 e. The maximum absolute atomic E-state index is 10.7. The summed E-state index contributed by atoms with van der Waals surface area (Å²) in [5.41, 5.74) is 0. The minimum Gasteiger partial charge on any atom is -0.480 e. The Bertz CT molecular complexity index is 398. The second-order valence-electron chi connectivity index (χ2n) is 4.25. The first-order chi connectivity index (χ1) is 7.58. The van der Waals surface area contributed by atoms with Crippen molar-refractivity contribution < 1.29 is 9.90 Å². The second-order valence-corrected chi connectivity index (χ2v) is 4.25. The summed E-state index contributed by atoms with van der Waals surface area (Å²) in [7, 11) is 1.90. The summed E-state index contributed by atoms with van der Waals surface area (Å²) in [4.78, 5) is 12.7. The van der Waals surface area contributed by atoms with E-state index in [4.69, 9.17) is 5.11 Å². The van der Waals surface area contributed by atoms with E-state index in [-0.39, 0.29) is 6.54 Å². The third-order valence-corrected chi connectivity index (χ3v) is 2.93. The van der Waals surface area contributed by atoms with E-state index in [1.807, 2.05) is 23.4 Å². The van der Waals surface area contributed by atoms with Crippen LogP contribution in [-0.2, 0) is 18.4 Å². The first kappa shape index (κ1) is 11.1. The van der Waals surface area contributed by atoms with E-state index in [1.54, 1.807) is 0 Å².